The summed E-state index contributed by atoms with van der Waals surface area (Å²) in [5.74, 6) is -0.326. The van der Waals surface area contributed by atoms with E-state index in [2.05, 4.69) is 0 Å². The van der Waals surface area contributed by atoms with Crippen molar-refractivity contribution >= 4 is 6.09 Å². The van der Waals surface area contributed by atoms with E-state index in [9.17, 15) is 9.18 Å². The highest BCUT2D eigenvalue weighted by Crippen LogP contribution is 2.27. The van der Waals surface area contributed by atoms with Gasteiger partial charge in [0.1, 0.15) is 11.4 Å². The molecule has 5 heteroatoms. The van der Waals surface area contributed by atoms with Crippen molar-refractivity contribution in [2.45, 2.75) is 45.4 Å². The summed E-state index contributed by atoms with van der Waals surface area (Å²) in [6.45, 7) is 6.09. The Labute approximate surface area is 118 Å². The lowest BCUT2D eigenvalue weighted by molar-refractivity contribution is 0.0233. The number of rotatable bonds is 0. The van der Waals surface area contributed by atoms with E-state index < -0.39 is 11.7 Å². The maximum atomic E-state index is 14.0. The van der Waals surface area contributed by atoms with Crippen LogP contribution in [0.25, 0.3) is 0 Å². The Morgan fingerprint density at radius 2 is 2.15 bits per heavy atom. The Kier molecular flexibility index (Phi) is 3.99. The highest BCUT2D eigenvalue weighted by Gasteiger charge is 2.28. The number of benzene rings is 1. The molecule has 1 atom stereocenters. The number of hydrogen-bond donors (Lipinski definition) is 1. The fraction of sp³-hybridized carbons (Fsp3) is 0.533. The third-order valence-corrected chi connectivity index (χ3v) is 3.27. The third kappa shape index (κ3) is 3.28. The SMILES string of the molecule is CC(C)(C)OC(=O)N1CC[C@@H](N)c2cccc(F)c2C1. The predicted octanol–water partition coefficient (Wildman–Crippen LogP) is 2.97. The van der Waals surface area contributed by atoms with Crippen molar-refractivity contribution in [1.82, 2.24) is 4.90 Å². The van der Waals surface area contributed by atoms with Gasteiger partial charge in [0.05, 0.1) is 6.54 Å². The minimum absolute atomic E-state index is 0.199. The molecule has 0 aliphatic carbocycles. The normalized spacial score (nSPS) is 19.2. The number of hydrogen-bond acceptors (Lipinski definition) is 3. The van der Waals surface area contributed by atoms with Gasteiger partial charge in [0, 0.05) is 18.2 Å². The molecule has 1 aromatic carbocycles. The van der Waals surface area contributed by atoms with E-state index in [1.165, 1.54) is 11.0 Å². The van der Waals surface area contributed by atoms with Gasteiger partial charge in [0.25, 0.3) is 0 Å². The molecule has 20 heavy (non-hydrogen) atoms. The molecule has 1 amide bonds. The van der Waals surface area contributed by atoms with Gasteiger partial charge in [-0.25, -0.2) is 9.18 Å². The molecule has 1 heterocycles. The monoisotopic (exact) mass is 280 g/mol. The first-order valence-electron chi connectivity index (χ1n) is 6.79. The zero-order valence-electron chi connectivity index (χ0n) is 12.1. The summed E-state index contributed by atoms with van der Waals surface area (Å²) < 4.78 is 19.3. The zero-order valence-corrected chi connectivity index (χ0v) is 12.1. The third-order valence-electron chi connectivity index (χ3n) is 3.27. The van der Waals surface area contributed by atoms with Gasteiger partial charge in [-0.1, -0.05) is 12.1 Å². The van der Waals surface area contributed by atoms with Crippen LogP contribution in [0.5, 0.6) is 0 Å². The van der Waals surface area contributed by atoms with Crippen molar-refractivity contribution in [3.8, 4) is 0 Å². The number of halogens is 1. The largest absolute Gasteiger partial charge is 0.444 e. The van der Waals surface area contributed by atoms with Crippen LogP contribution >= 0.6 is 0 Å². The fourth-order valence-electron chi connectivity index (χ4n) is 2.29. The van der Waals surface area contributed by atoms with Gasteiger partial charge < -0.3 is 15.4 Å². The highest BCUT2D eigenvalue weighted by atomic mass is 19.1. The van der Waals surface area contributed by atoms with Gasteiger partial charge in [-0.15, -0.1) is 0 Å². The molecule has 0 fully saturated rings. The molecule has 2 rings (SSSR count). The molecular weight excluding hydrogens is 259 g/mol. The van der Waals surface area contributed by atoms with Crippen molar-refractivity contribution in [3.05, 3.63) is 35.1 Å². The molecule has 1 aromatic rings. The molecule has 0 saturated carbocycles. The van der Waals surface area contributed by atoms with Crippen LogP contribution in [-0.2, 0) is 11.3 Å². The van der Waals surface area contributed by atoms with Crippen molar-refractivity contribution in [2.75, 3.05) is 6.54 Å². The van der Waals surface area contributed by atoms with Crippen LogP contribution in [0.2, 0.25) is 0 Å². The van der Waals surface area contributed by atoms with E-state index in [0.29, 0.717) is 18.5 Å². The molecule has 4 nitrogen and oxygen atoms in total. The topological polar surface area (TPSA) is 55.6 Å². The molecule has 0 unspecified atom stereocenters. The van der Waals surface area contributed by atoms with Crippen LogP contribution < -0.4 is 5.73 Å². The average Bonchev–Trinajstić information content (AvgIpc) is 2.49. The first-order chi connectivity index (χ1) is 9.28. The molecule has 0 aromatic heterocycles. The minimum atomic E-state index is -0.566. The number of nitrogens with zero attached hydrogens (tertiary/aromatic N) is 1. The maximum Gasteiger partial charge on any atom is 0.410 e. The Bertz CT molecular complexity index is 511. The highest BCUT2D eigenvalue weighted by molar-refractivity contribution is 5.68. The Hall–Kier alpha value is -1.62. The van der Waals surface area contributed by atoms with Crippen LogP contribution in [0.3, 0.4) is 0 Å². The molecule has 110 valence electrons. The van der Waals surface area contributed by atoms with Gasteiger partial charge in [0.2, 0.25) is 0 Å². The van der Waals surface area contributed by atoms with Crippen LogP contribution in [0.4, 0.5) is 9.18 Å². The predicted molar refractivity (Wildman–Crippen MR) is 74.6 cm³/mol. The summed E-state index contributed by atoms with van der Waals surface area (Å²) in [5, 5.41) is 0. The van der Waals surface area contributed by atoms with Crippen molar-refractivity contribution < 1.29 is 13.9 Å². The minimum Gasteiger partial charge on any atom is -0.444 e. The molecule has 1 aliphatic heterocycles. The van der Waals surface area contributed by atoms with Crippen molar-refractivity contribution in [1.29, 1.82) is 0 Å². The molecule has 0 saturated heterocycles. The lowest BCUT2D eigenvalue weighted by atomic mass is 10.00. The number of fused-ring (bicyclic) bond motifs is 1. The molecule has 0 spiro atoms. The Morgan fingerprint density at radius 1 is 1.45 bits per heavy atom. The quantitative estimate of drug-likeness (QED) is 0.795. The lowest BCUT2D eigenvalue weighted by Crippen LogP contribution is -2.36. The van der Waals surface area contributed by atoms with E-state index in [1.54, 1.807) is 6.07 Å². The van der Waals surface area contributed by atoms with Gasteiger partial charge in [0.15, 0.2) is 0 Å². The first-order valence-corrected chi connectivity index (χ1v) is 6.79. The molecule has 0 bridgehead atoms. The first kappa shape index (κ1) is 14.8. The summed E-state index contributed by atoms with van der Waals surface area (Å²) in [6.07, 6.45) is 0.163. The van der Waals surface area contributed by atoms with Crippen molar-refractivity contribution in [3.63, 3.8) is 0 Å². The van der Waals surface area contributed by atoms with Crippen LogP contribution in [0.15, 0.2) is 18.2 Å². The number of nitrogens with two attached hydrogens (primary N) is 1. The second kappa shape index (κ2) is 5.40. The summed E-state index contributed by atoms with van der Waals surface area (Å²) in [7, 11) is 0. The number of carbonyl (C=O) groups excluding carboxylic acids is 1. The summed E-state index contributed by atoms with van der Waals surface area (Å²) in [6, 6.07) is 4.61. The smallest absolute Gasteiger partial charge is 0.410 e. The lowest BCUT2D eigenvalue weighted by Gasteiger charge is -2.26. The summed E-state index contributed by atoms with van der Waals surface area (Å²) in [4.78, 5) is 13.6. The van der Waals surface area contributed by atoms with E-state index in [1.807, 2.05) is 26.8 Å². The van der Waals surface area contributed by atoms with Crippen LogP contribution in [0.1, 0.15) is 44.4 Å². The fourth-order valence-corrected chi connectivity index (χ4v) is 2.29. The van der Waals surface area contributed by atoms with E-state index in [-0.39, 0.29) is 18.4 Å². The van der Waals surface area contributed by atoms with Gasteiger partial charge in [-0.2, -0.15) is 0 Å². The van der Waals surface area contributed by atoms with Crippen molar-refractivity contribution in [2.24, 2.45) is 5.73 Å². The molecule has 1 aliphatic rings. The van der Waals surface area contributed by atoms with Gasteiger partial charge >= 0.3 is 6.09 Å². The van der Waals surface area contributed by atoms with Crippen LogP contribution in [-0.4, -0.2) is 23.1 Å². The van der Waals surface area contributed by atoms with Gasteiger partial charge in [-0.3, -0.25) is 0 Å². The van der Waals surface area contributed by atoms with Gasteiger partial charge in [-0.05, 0) is 38.8 Å². The molecule has 0 radical (unpaired) electrons. The Balaban J connectivity index is 2.24. The second-order valence-electron chi connectivity index (χ2n) is 6.10. The number of amides is 1. The van der Waals surface area contributed by atoms with E-state index >= 15 is 0 Å². The standard InChI is InChI=1S/C15H21FN2O2/c1-15(2,3)20-14(19)18-8-7-13(17)10-5-4-6-12(16)11(10)9-18/h4-6,13H,7-9,17H2,1-3H3/t13-/m1/s1. The van der Waals surface area contributed by atoms with E-state index in [0.717, 1.165) is 5.56 Å². The Morgan fingerprint density at radius 3 is 2.80 bits per heavy atom. The maximum absolute atomic E-state index is 14.0. The molecule has 2 N–H and O–H groups in total. The van der Waals surface area contributed by atoms with Crippen LogP contribution in [0, 0.1) is 5.82 Å². The zero-order chi connectivity index (χ0) is 14.9. The molecular formula is C15H21FN2O2. The summed E-state index contributed by atoms with van der Waals surface area (Å²) >= 11 is 0. The average molecular weight is 280 g/mol. The van der Waals surface area contributed by atoms with E-state index in [4.69, 9.17) is 10.5 Å². The second-order valence-corrected chi connectivity index (χ2v) is 6.10. The summed E-state index contributed by atoms with van der Waals surface area (Å²) in [5.41, 5.74) is 6.76. The number of carbonyl (C=O) groups is 1. The number of ether oxygens (including phenoxy) is 1.